The zero-order chi connectivity index (χ0) is 33.6. The topological polar surface area (TPSA) is 104 Å². The predicted octanol–water partition coefficient (Wildman–Crippen LogP) is 9.61. The van der Waals surface area contributed by atoms with Gasteiger partial charge >= 0.3 is 0 Å². The van der Waals surface area contributed by atoms with Gasteiger partial charge in [-0.05, 0) is 84.2 Å². The van der Waals surface area contributed by atoms with Crippen LogP contribution in [0.25, 0.3) is 38.3 Å². The molecule has 0 aliphatic carbocycles. The summed E-state index contributed by atoms with van der Waals surface area (Å²) in [5.74, 6) is 0. The molecule has 1 aliphatic heterocycles. The monoisotopic (exact) mass is 619 g/mol. The standard InChI is InChI=1S/C35H35N5.C7H10/c1-3-6-27(20-37)28(21-38)8-5-7-23-9-13-31-32-15-10-25-18-26(11-14-30(25)35(32)40-34(31)17-23)33-16-12-29(22-39-33)24(4-2)19-36;1-3-5-7-6-4-2/h3-6,8-21,36,39-40H,7,22,37-38H2,1-2H3;3-7H,1H2,2H3/b6-3-,8-5-,24-4+,27-20+,28-21+,36-19?;6-4-,7-5-. The maximum absolute atomic E-state index is 7.60. The summed E-state index contributed by atoms with van der Waals surface area (Å²) >= 11 is 0. The van der Waals surface area contributed by atoms with E-state index in [2.05, 4.69) is 83.6 Å². The molecule has 5 heteroatoms. The van der Waals surface area contributed by atoms with Crippen molar-refractivity contribution in [3.63, 3.8) is 0 Å². The molecule has 0 spiro atoms. The SMILES string of the molecule is C=C/C=C\C=C/C.C\C=C/C(=C\N)C(/C=C\Cc1ccc2c(c1)[nH]c1c3ccc(C4=CC=C(/C(C=N)=C/C)CN4)cc3ccc21)=C/N. The van der Waals surface area contributed by atoms with Crippen molar-refractivity contribution in [2.45, 2.75) is 27.2 Å². The number of hydrogen-bond donors (Lipinski definition) is 5. The first-order chi connectivity index (χ1) is 23.0. The molecule has 2 heterocycles. The van der Waals surface area contributed by atoms with Gasteiger partial charge in [0, 0.05) is 52.5 Å². The van der Waals surface area contributed by atoms with E-state index < -0.39 is 0 Å². The highest BCUT2D eigenvalue weighted by atomic mass is 14.9. The molecule has 1 aliphatic rings. The first kappa shape index (κ1) is 34.1. The summed E-state index contributed by atoms with van der Waals surface area (Å²) in [4.78, 5) is 3.69. The summed E-state index contributed by atoms with van der Waals surface area (Å²) in [5.41, 5.74) is 21.2. The molecule has 0 radical (unpaired) electrons. The molecule has 5 rings (SSSR count). The number of aromatic amines is 1. The number of dihydropyridines is 1. The average molecular weight is 620 g/mol. The van der Waals surface area contributed by atoms with E-state index in [1.54, 1.807) is 18.5 Å². The molecule has 7 N–H and O–H groups in total. The van der Waals surface area contributed by atoms with Crippen molar-refractivity contribution in [2.75, 3.05) is 6.54 Å². The molecule has 0 unspecified atom stereocenters. The number of H-pyrrole nitrogens is 1. The Morgan fingerprint density at radius 1 is 0.851 bits per heavy atom. The highest BCUT2D eigenvalue weighted by Crippen LogP contribution is 2.33. The summed E-state index contributed by atoms with van der Waals surface area (Å²) in [7, 11) is 0. The van der Waals surface area contributed by atoms with Gasteiger partial charge < -0.3 is 27.2 Å². The minimum atomic E-state index is 0.710. The number of nitrogens with two attached hydrogens (primary N) is 2. The molecule has 0 amide bonds. The number of aromatic nitrogens is 1. The molecule has 0 fully saturated rings. The molecular formula is C42H45N5. The van der Waals surface area contributed by atoms with Gasteiger partial charge in [-0.2, -0.15) is 0 Å². The van der Waals surface area contributed by atoms with Crippen LogP contribution in [0.5, 0.6) is 0 Å². The molecule has 0 saturated carbocycles. The van der Waals surface area contributed by atoms with Gasteiger partial charge in [0.15, 0.2) is 0 Å². The minimum Gasteiger partial charge on any atom is -0.404 e. The van der Waals surface area contributed by atoms with Gasteiger partial charge in [-0.25, -0.2) is 0 Å². The minimum absolute atomic E-state index is 0.710. The van der Waals surface area contributed by atoms with Gasteiger partial charge in [0.1, 0.15) is 0 Å². The summed E-state index contributed by atoms with van der Waals surface area (Å²) in [6.45, 7) is 10.1. The first-order valence-electron chi connectivity index (χ1n) is 15.8. The zero-order valence-electron chi connectivity index (χ0n) is 27.6. The normalized spacial score (nSPS) is 14.7. The maximum atomic E-state index is 7.60. The second-order valence-electron chi connectivity index (χ2n) is 10.9. The van der Waals surface area contributed by atoms with Gasteiger partial charge in [0.25, 0.3) is 0 Å². The fourth-order valence-corrected chi connectivity index (χ4v) is 5.55. The molecule has 47 heavy (non-hydrogen) atoms. The van der Waals surface area contributed by atoms with E-state index in [-0.39, 0.29) is 0 Å². The van der Waals surface area contributed by atoms with E-state index in [1.807, 2.05) is 69.4 Å². The van der Waals surface area contributed by atoms with E-state index in [0.717, 1.165) is 51.0 Å². The third kappa shape index (κ3) is 8.27. The van der Waals surface area contributed by atoms with Crippen molar-refractivity contribution in [2.24, 2.45) is 11.5 Å². The second-order valence-corrected chi connectivity index (χ2v) is 10.9. The Bertz CT molecular complexity index is 2030. The van der Waals surface area contributed by atoms with Crippen molar-refractivity contribution in [3.05, 3.63) is 174 Å². The van der Waals surface area contributed by atoms with Crippen molar-refractivity contribution < 1.29 is 0 Å². The lowest BCUT2D eigenvalue weighted by atomic mass is 9.99. The lowest BCUT2D eigenvalue weighted by molar-refractivity contribution is 0.957. The molecule has 3 aromatic carbocycles. The smallest absolute Gasteiger partial charge is 0.0544 e. The van der Waals surface area contributed by atoms with Gasteiger partial charge in [0.05, 0.1) is 5.52 Å². The van der Waals surface area contributed by atoms with Crippen LogP contribution >= 0.6 is 0 Å². The Hall–Kier alpha value is -5.81. The summed E-state index contributed by atoms with van der Waals surface area (Å²) < 4.78 is 0. The van der Waals surface area contributed by atoms with Crippen LogP contribution in [0.1, 0.15) is 31.9 Å². The number of rotatable bonds is 10. The molecule has 0 bridgehead atoms. The van der Waals surface area contributed by atoms with Crippen LogP contribution in [0.3, 0.4) is 0 Å². The van der Waals surface area contributed by atoms with Gasteiger partial charge in [0.2, 0.25) is 0 Å². The van der Waals surface area contributed by atoms with E-state index in [1.165, 1.54) is 33.3 Å². The lowest BCUT2D eigenvalue weighted by Crippen LogP contribution is -2.19. The molecule has 1 aromatic heterocycles. The molecule has 5 nitrogen and oxygen atoms in total. The second kappa shape index (κ2) is 17.0. The molecule has 0 atom stereocenters. The van der Waals surface area contributed by atoms with Crippen LogP contribution in [0.4, 0.5) is 0 Å². The zero-order valence-corrected chi connectivity index (χ0v) is 27.6. The largest absolute Gasteiger partial charge is 0.404 e. The fraction of sp³-hybridized carbons (Fsp3) is 0.119. The first-order valence-corrected chi connectivity index (χ1v) is 15.8. The fourth-order valence-electron chi connectivity index (χ4n) is 5.55. The number of hydrogen-bond acceptors (Lipinski definition) is 4. The van der Waals surface area contributed by atoms with Gasteiger partial charge in [-0.15, -0.1) is 0 Å². The molecule has 0 saturated heterocycles. The van der Waals surface area contributed by atoms with Crippen molar-refractivity contribution >= 4 is 44.5 Å². The summed E-state index contributed by atoms with van der Waals surface area (Å²) in [6, 6.07) is 17.7. The summed E-state index contributed by atoms with van der Waals surface area (Å²) in [5, 5.41) is 16.0. The van der Waals surface area contributed by atoms with Crippen LogP contribution in [-0.4, -0.2) is 17.7 Å². The van der Waals surface area contributed by atoms with E-state index in [0.29, 0.717) is 6.54 Å². The Balaban J connectivity index is 0.000000644. The number of fused-ring (bicyclic) bond motifs is 5. The third-order valence-corrected chi connectivity index (χ3v) is 7.96. The van der Waals surface area contributed by atoms with E-state index in [4.69, 9.17) is 16.9 Å². The highest BCUT2D eigenvalue weighted by molar-refractivity contribution is 6.17. The van der Waals surface area contributed by atoms with Crippen LogP contribution in [0, 0.1) is 5.41 Å². The van der Waals surface area contributed by atoms with Gasteiger partial charge in [-0.1, -0.05) is 110 Å². The number of nitrogens with one attached hydrogen (secondary N) is 3. The number of benzene rings is 3. The number of allylic oxidation sites excluding steroid dienone is 14. The highest BCUT2D eigenvalue weighted by Gasteiger charge is 2.12. The quantitative estimate of drug-likeness (QED) is 0.0902. The Labute approximate surface area is 278 Å². The van der Waals surface area contributed by atoms with Crippen molar-refractivity contribution in [1.29, 1.82) is 5.41 Å². The Kier molecular flexibility index (Phi) is 12.4. The molecule has 4 aromatic rings. The van der Waals surface area contributed by atoms with Crippen LogP contribution in [0.2, 0.25) is 0 Å². The molecule has 238 valence electrons. The summed E-state index contributed by atoms with van der Waals surface area (Å²) in [6.07, 6.45) is 29.1. The predicted molar refractivity (Wildman–Crippen MR) is 206 cm³/mol. The molecular weight excluding hydrogens is 574 g/mol. The van der Waals surface area contributed by atoms with E-state index >= 15 is 0 Å². The Morgan fingerprint density at radius 3 is 2.28 bits per heavy atom. The third-order valence-electron chi connectivity index (χ3n) is 7.96. The van der Waals surface area contributed by atoms with Gasteiger partial charge in [-0.3, -0.25) is 0 Å². The lowest BCUT2D eigenvalue weighted by Gasteiger charge is -2.18. The van der Waals surface area contributed by atoms with Crippen LogP contribution in [-0.2, 0) is 6.42 Å². The average Bonchev–Trinajstić information content (AvgIpc) is 3.49. The Morgan fingerprint density at radius 2 is 1.62 bits per heavy atom. The van der Waals surface area contributed by atoms with E-state index in [9.17, 15) is 0 Å². The van der Waals surface area contributed by atoms with Crippen LogP contribution in [0.15, 0.2) is 163 Å². The van der Waals surface area contributed by atoms with Crippen LogP contribution < -0.4 is 16.8 Å². The van der Waals surface area contributed by atoms with Crippen molar-refractivity contribution in [1.82, 2.24) is 10.3 Å². The maximum Gasteiger partial charge on any atom is 0.0544 e. The van der Waals surface area contributed by atoms with Crippen molar-refractivity contribution in [3.8, 4) is 0 Å².